The molecule has 1 heterocycles. The number of benzene rings is 2. The third-order valence-corrected chi connectivity index (χ3v) is 4.45. The molecule has 0 aliphatic heterocycles. The second-order valence-electron chi connectivity index (χ2n) is 6.14. The highest BCUT2D eigenvalue weighted by Crippen LogP contribution is 2.13. The number of nitrogens with one attached hydrogen (secondary N) is 1. The number of nitrogens with zero attached hydrogens (tertiary/aromatic N) is 2. The lowest BCUT2D eigenvalue weighted by Crippen LogP contribution is -2.29. The molecule has 0 unspecified atom stereocenters. The Balaban J connectivity index is 1.58. The molecule has 1 aromatic heterocycles. The number of para-hydroxylation sites is 2. The monoisotopic (exact) mass is 355 g/mol. The Morgan fingerprint density at radius 2 is 1.69 bits per heavy atom. The van der Waals surface area contributed by atoms with Gasteiger partial charge in [0.25, 0.3) is 0 Å². The number of imidazole rings is 1. The van der Waals surface area contributed by atoms with Crippen LogP contribution in [0.5, 0.6) is 0 Å². The van der Waals surface area contributed by atoms with E-state index in [0.717, 1.165) is 16.6 Å². The van der Waals surface area contributed by atoms with Crippen molar-refractivity contribution in [1.29, 1.82) is 0 Å². The third-order valence-electron chi connectivity index (χ3n) is 4.45. The summed E-state index contributed by atoms with van der Waals surface area (Å²) < 4.78 is 16.2. The van der Waals surface area contributed by atoms with Gasteiger partial charge in [0, 0.05) is 26.1 Å². The summed E-state index contributed by atoms with van der Waals surface area (Å²) in [6.07, 6.45) is 0.877. The van der Waals surface area contributed by atoms with E-state index in [9.17, 15) is 14.0 Å². The van der Waals surface area contributed by atoms with Crippen molar-refractivity contribution in [3.63, 3.8) is 0 Å². The number of hydrogen-bond donors (Lipinski definition) is 1. The molecule has 3 rings (SSSR count). The largest absolute Gasteiger partial charge is 0.356 e. The molecular weight excluding hydrogens is 333 g/mol. The van der Waals surface area contributed by atoms with E-state index in [0.29, 0.717) is 26.1 Å². The maximum atomic E-state index is 12.9. The van der Waals surface area contributed by atoms with Gasteiger partial charge in [-0.1, -0.05) is 24.3 Å². The SMILES string of the molecule is CCn1c(=O)n(CCC(=O)NCCc2ccc(F)cc2)c2ccccc21. The zero-order valence-corrected chi connectivity index (χ0v) is 14.7. The maximum Gasteiger partial charge on any atom is 0.329 e. The normalized spacial score (nSPS) is 11.0. The molecule has 0 atom stereocenters. The van der Waals surface area contributed by atoms with Crippen LogP contribution in [0.4, 0.5) is 4.39 Å². The predicted molar refractivity (Wildman–Crippen MR) is 99.6 cm³/mol. The van der Waals surface area contributed by atoms with Crippen LogP contribution >= 0.6 is 0 Å². The standard InChI is InChI=1S/C20H22FN3O2/c1-2-23-17-5-3-4-6-18(17)24(20(23)26)14-12-19(25)22-13-11-15-7-9-16(21)10-8-15/h3-10H,2,11-14H2,1H3,(H,22,25). The van der Waals surface area contributed by atoms with Crippen molar-refractivity contribution >= 4 is 16.9 Å². The molecule has 0 aliphatic rings. The van der Waals surface area contributed by atoms with Gasteiger partial charge < -0.3 is 5.32 Å². The van der Waals surface area contributed by atoms with Crippen molar-refractivity contribution in [2.24, 2.45) is 0 Å². The topological polar surface area (TPSA) is 56.0 Å². The number of carbonyl (C=O) groups is 1. The van der Waals surface area contributed by atoms with E-state index in [-0.39, 0.29) is 23.8 Å². The summed E-state index contributed by atoms with van der Waals surface area (Å²) in [5.41, 5.74) is 2.61. The lowest BCUT2D eigenvalue weighted by molar-refractivity contribution is -0.121. The zero-order valence-electron chi connectivity index (χ0n) is 14.7. The Morgan fingerprint density at radius 1 is 1.04 bits per heavy atom. The summed E-state index contributed by atoms with van der Waals surface area (Å²) in [5.74, 6) is -0.373. The smallest absolute Gasteiger partial charge is 0.329 e. The van der Waals surface area contributed by atoms with Crippen LogP contribution in [0, 0.1) is 5.82 Å². The number of aryl methyl sites for hydroxylation is 2. The predicted octanol–water partition coefficient (Wildman–Crippen LogP) is 2.71. The first-order chi connectivity index (χ1) is 12.6. The van der Waals surface area contributed by atoms with Crippen LogP contribution in [0.2, 0.25) is 0 Å². The van der Waals surface area contributed by atoms with E-state index >= 15 is 0 Å². The van der Waals surface area contributed by atoms with Gasteiger partial charge in [0.2, 0.25) is 5.91 Å². The molecule has 136 valence electrons. The summed E-state index contributed by atoms with van der Waals surface area (Å²) >= 11 is 0. The third kappa shape index (κ3) is 3.85. The fraction of sp³-hybridized carbons (Fsp3) is 0.300. The van der Waals surface area contributed by atoms with Crippen molar-refractivity contribution in [2.75, 3.05) is 6.54 Å². The highest BCUT2D eigenvalue weighted by Gasteiger charge is 2.12. The number of halogens is 1. The summed E-state index contributed by atoms with van der Waals surface area (Å²) in [4.78, 5) is 24.6. The van der Waals surface area contributed by atoms with Gasteiger partial charge >= 0.3 is 5.69 Å². The van der Waals surface area contributed by atoms with Gasteiger partial charge in [-0.2, -0.15) is 0 Å². The van der Waals surface area contributed by atoms with E-state index in [1.165, 1.54) is 12.1 Å². The molecule has 0 aliphatic carbocycles. The number of fused-ring (bicyclic) bond motifs is 1. The lowest BCUT2D eigenvalue weighted by atomic mass is 10.1. The van der Waals surface area contributed by atoms with Crippen LogP contribution in [0.1, 0.15) is 18.9 Å². The second-order valence-corrected chi connectivity index (χ2v) is 6.14. The number of rotatable bonds is 7. The van der Waals surface area contributed by atoms with Gasteiger partial charge in [0.15, 0.2) is 0 Å². The average molecular weight is 355 g/mol. The fourth-order valence-electron chi connectivity index (χ4n) is 3.09. The first-order valence-electron chi connectivity index (χ1n) is 8.79. The molecule has 1 amide bonds. The number of amides is 1. The van der Waals surface area contributed by atoms with Gasteiger partial charge in [-0.3, -0.25) is 13.9 Å². The number of hydrogen-bond acceptors (Lipinski definition) is 2. The van der Waals surface area contributed by atoms with Crippen molar-refractivity contribution in [1.82, 2.24) is 14.5 Å². The molecule has 0 fully saturated rings. The van der Waals surface area contributed by atoms with Crippen LogP contribution in [-0.4, -0.2) is 21.6 Å². The first-order valence-corrected chi connectivity index (χ1v) is 8.79. The molecule has 6 heteroatoms. The van der Waals surface area contributed by atoms with Gasteiger partial charge in [-0.15, -0.1) is 0 Å². The molecule has 5 nitrogen and oxygen atoms in total. The fourth-order valence-corrected chi connectivity index (χ4v) is 3.09. The number of aromatic nitrogens is 2. The zero-order chi connectivity index (χ0) is 18.5. The van der Waals surface area contributed by atoms with E-state index in [4.69, 9.17) is 0 Å². The molecule has 26 heavy (non-hydrogen) atoms. The minimum Gasteiger partial charge on any atom is -0.356 e. The molecule has 2 aromatic carbocycles. The highest BCUT2D eigenvalue weighted by molar-refractivity contribution is 5.78. The van der Waals surface area contributed by atoms with Crippen LogP contribution in [0.3, 0.4) is 0 Å². The second kappa shape index (κ2) is 7.99. The van der Waals surface area contributed by atoms with E-state index in [1.807, 2.05) is 31.2 Å². The van der Waals surface area contributed by atoms with E-state index in [2.05, 4.69) is 5.32 Å². The van der Waals surface area contributed by atoms with E-state index in [1.54, 1.807) is 21.3 Å². The maximum absolute atomic E-state index is 12.9. The minimum absolute atomic E-state index is 0.0900. The average Bonchev–Trinajstić information content (AvgIpc) is 2.92. The summed E-state index contributed by atoms with van der Waals surface area (Å²) in [7, 11) is 0. The van der Waals surface area contributed by atoms with Gasteiger partial charge in [-0.25, -0.2) is 9.18 Å². The van der Waals surface area contributed by atoms with Crippen molar-refractivity contribution < 1.29 is 9.18 Å². The summed E-state index contributed by atoms with van der Waals surface area (Å²) in [6, 6.07) is 13.8. The van der Waals surface area contributed by atoms with Gasteiger partial charge in [-0.05, 0) is 43.2 Å². The Kier molecular flexibility index (Phi) is 5.51. The molecule has 3 aromatic rings. The van der Waals surface area contributed by atoms with Gasteiger partial charge in [0.05, 0.1) is 11.0 Å². The Bertz CT molecular complexity index is 957. The molecule has 0 saturated carbocycles. The van der Waals surface area contributed by atoms with Crippen molar-refractivity contribution in [3.8, 4) is 0 Å². The minimum atomic E-state index is -0.269. The molecular formula is C20H22FN3O2. The quantitative estimate of drug-likeness (QED) is 0.708. The molecule has 0 saturated heterocycles. The lowest BCUT2D eigenvalue weighted by Gasteiger charge is -2.06. The molecule has 0 radical (unpaired) electrons. The van der Waals surface area contributed by atoms with Crippen LogP contribution in [-0.2, 0) is 24.3 Å². The van der Waals surface area contributed by atoms with Crippen molar-refractivity contribution in [3.05, 3.63) is 70.4 Å². The van der Waals surface area contributed by atoms with Gasteiger partial charge in [0.1, 0.15) is 5.82 Å². The van der Waals surface area contributed by atoms with Crippen LogP contribution in [0.25, 0.3) is 11.0 Å². The van der Waals surface area contributed by atoms with E-state index < -0.39 is 0 Å². The molecule has 1 N–H and O–H groups in total. The molecule has 0 bridgehead atoms. The summed E-state index contributed by atoms with van der Waals surface area (Å²) in [6.45, 7) is 3.35. The highest BCUT2D eigenvalue weighted by atomic mass is 19.1. The van der Waals surface area contributed by atoms with Crippen LogP contribution in [0.15, 0.2) is 53.3 Å². The molecule has 0 spiro atoms. The first kappa shape index (κ1) is 17.9. The summed E-state index contributed by atoms with van der Waals surface area (Å²) in [5, 5.41) is 2.85. The Morgan fingerprint density at radius 3 is 2.35 bits per heavy atom. The number of carbonyl (C=O) groups excluding carboxylic acids is 1. The van der Waals surface area contributed by atoms with Crippen molar-refractivity contribution in [2.45, 2.75) is 32.9 Å². The van der Waals surface area contributed by atoms with Crippen LogP contribution < -0.4 is 11.0 Å². The Hall–Kier alpha value is -2.89. The Labute approximate surface area is 151 Å².